The first kappa shape index (κ1) is 13.9. The zero-order valence-corrected chi connectivity index (χ0v) is 11.9. The maximum Gasteiger partial charge on any atom is 0.121 e. The molecule has 0 amide bonds. The van der Waals surface area contributed by atoms with Crippen LogP contribution in [0, 0.1) is 11.8 Å². The fourth-order valence-corrected chi connectivity index (χ4v) is 2.47. The molecule has 3 N–H and O–H groups in total. The van der Waals surface area contributed by atoms with Crippen LogP contribution in [0.5, 0.6) is 5.75 Å². The van der Waals surface area contributed by atoms with Crippen molar-refractivity contribution in [2.75, 3.05) is 13.7 Å². The van der Waals surface area contributed by atoms with Crippen LogP contribution in [-0.2, 0) is 6.42 Å². The average molecular weight is 261 g/mol. The monoisotopic (exact) mass is 261 g/mol. The minimum atomic E-state index is 0.488. The third-order valence-corrected chi connectivity index (χ3v) is 3.36. The SMILES string of the molecule is COc1ccc2nc(CC(CN)CC(C)C)[nH]c2c1. The van der Waals surface area contributed by atoms with Crippen LogP contribution in [0.2, 0.25) is 0 Å². The summed E-state index contributed by atoms with van der Waals surface area (Å²) < 4.78 is 5.22. The molecule has 1 aromatic heterocycles. The molecule has 0 aliphatic rings. The van der Waals surface area contributed by atoms with Gasteiger partial charge in [-0.1, -0.05) is 13.8 Å². The number of methoxy groups -OCH3 is 1. The molecule has 1 unspecified atom stereocenters. The summed E-state index contributed by atoms with van der Waals surface area (Å²) in [5, 5.41) is 0. The molecule has 0 aliphatic heterocycles. The molecule has 0 bridgehead atoms. The molecule has 1 heterocycles. The number of rotatable bonds is 6. The van der Waals surface area contributed by atoms with Gasteiger partial charge in [-0.05, 0) is 36.9 Å². The molecule has 0 saturated carbocycles. The molecule has 1 aromatic carbocycles. The summed E-state index contributed by atoms with van der Waals surface area (Å²) in [6.07, 6.45) is 2.04. The van der Waals surface area contributed by atoms with Crippen LogP contribution in [0.3, 0.4) is 0 Å². The summed E-state index contributed by atoms with van der Waals surface area (Å²) in [5.41, 5.74) is 7.85. The molecule has 2 rings (SSSR count). The Morgan fingerprint density at radius 3 is 2.79 bits per heavy atom. The second kappa shape index (κ2) is 6.06. The van der Waals surface area contributed by atoms with E-state index in [4.69, 9.17) is 10.5 Å². The van der Waals surface area contributed by atoms with E-state index < -0.39 is 0 Å². The van der Waals surface area contributed by atoms with E-state index in [1.54, 1.807) is 7.11 Å². The van der Waals surface area contributed by atoms with Crippen molar-refractivity contribution in [3.05, 3.63) is 24.0 Å². The highest BCUT2D eigenvalue weighted by molar-refractivity contribution is 5.76. The number of aromatic nitrogens is 2. The predicted molar refractivity (Wildman–Crippen MR) is 78.3 cm³/mol. The maximum absolute atomic E-state index is 5.85. The van der Waals surface area contributed by atoms with Crippen LogP contribution in [0.1, 0.15) is 26.1 Å². The summed E-state index contributed by atoms with van der Waals surface area (Å²) in [5.74, 6) is 3.01. The molecule has 1 atom stereocenters. The van der Waals surface area contributed by atoms with Gasteiger partial charge in [-0.3, -0.25) is 0 Å². The van der Waals surface area contributed by atoms with E-state index in [1.165, 1.54) is 0 Å². The Hall–Kier alpha value is -1.55. The standard InChI is InChI=1S/C15H23N3O/c1-10(2)6-11(9-16)7-15-17-13-5-4-12(19-3)8-14(13)18-15/h4-5,8,10-11H,6-7,9,16H2,1-3H3,(H,17,18). The molecule has 19 heavy (non-hydrogen) atoms. The van der Waals surface area contributed by atoms with E-state index in [1.807, 2.05) is 18.2 Å². The Balaban J connectivity index is 2.16. The van der Waals surface area contributed by atoms with Crippen molar-refractivity contribution in [1.29, 1.82) is 0 Å². The zero-order valence-electron chi connectivity index (χ0n) is 11.9. The number of nitrogens with one attached hydrogen (secondary N) is 1. The van der Waals surface area contributed by atoms with Crippen molar-refractivity contribution in [2.24, 2.45) is 17.6 Å². The number of H-pyrrole nitrogens is 1. The number of nitrogens with zero attached hydrogens (tertiary/aromatic N) is 1. The maximum atomic E-state index is 5.85. The molecule has 0 aliphatic carbocycles. The summed E-state index contributed by atoms with van der Waals surface area (Å²) >= 11 is 0. The molecule has 4 heteroatoms. The normalized spacial score (nSPS) is 13.1. The Morgan fingerprint density at radius 1 is 1.37 bits per heavy atom. The first-order valence-electron chi connectivity index (χ1n) is 6.85. The molecule has 4 nitrogen and oxygen atoms in total. The molecular formula is C15H23N3O. The van der Waals surface area contributed by atoms with Gasteiger partial charge in [0, 0.05) is 12.5 Å². The highest BCUT2D eigenvalue weighted by Gasteiger charge is 2.13. The third kappa shape index (κ3) is 3.47. The number of imidazole rings is 1. The van der Waals surface area contributed by atoms with Gasteiger partial charge in [-0.2, -0.15) is 0 Å². The second-order valence-electron chi connectivity index (χ2n) is 5.50. The number of ether oxygens (including phenoxy) is 1. The summed E-state index contributed by atoms with van der Waals surface area (Å²) in [4.78, 5) is 7.98. The van der Waals surface area contributed by atoms with E-state index in [2.05, 4.69) is 23.8 Å². The lowest BCUT2D eigenvalue weighted by Crippen LogP contribution is -2.19. The number of nitrogens with two attached hydrogens (primary N) is 1. The summed E-state index contributed by atoms with van der Waals surface area (Å²) in [6, 6.07) is 5.89. The largest absolute Gasteiger partial charge is 0.497 e. The third-order valence-electron chi connectivity index (χ3n) is 3.36. The lowest BCUT2D eigenvalue weighted by Gasteiger charge is -2.15. The van der Waals surface area contributed by atoms with Crippen LogP contribution >= 0.6 is 0 Å². The van der Waals surface area contributed by atoms with Gasteiger partial charge in [0.2, 0.25) is 0 Å². The van der Waals surface area contributed by atoms with E-state index >= 15 is 0 Å². The molecular weight excluding hydrogens is 238 g/mol. The van der Waals surface area contributed by atoms with Gasteiger partial charge in [-0.15, -0.1) is 0 Å². The Bertz CT molecular complexity index is 533. The fourth-order valence-electron chi connectivity index (χ4n) is 2.47. The van der Waals surface area contributed by atoms with Crippen LogP contribution in [0.4, 0.5) is 0 Å². The Kier molecular flexibility index (Phi) is 4.43. The quantitative estimate of drug-likeness (QED) is 0.840. The minimum absolute atomic E-state index is 0.488. The van der Waals surface area contributed by atoms with Crippen molar-refractivity contribution in [1.82, 2.24) is 9.97 Å². The van der Waals surface area contributed by atoms with Gasteiger partial charge in [0.15, 0.2) is 0 Å². The highest BCUT2D eigenvalue weighted by atomic mass is 16.5. The van der Waals surface area contributed by atoms with Gasteiger partial charge in [-0.25, -0.2) is 4.98 Å². The lowest BCUT2D eigenvalue weighted by molar-refractivity contribution is 0.410. The summed E-state index contributed by atoms with van der Waals surface area (Å²) in [7, 11) is 1.67. The highest BCUT2D eigenvalue weighted by Crippen LogP contribution is 2.21. The number of fused-ring (bicyclic) bond motifs is 1. The molecule has 0 fully saturated rings. The van der Waals surface area contributed by atoms with Gasteiger partial charge in [0.1, 0.15) is 11.6 Å². The zero-order chi connectivity index (χ0) is 13.8. The number of hydrogen-bond donors (Lipinski definition) is 2. The van der Waals surface area contributed by atoms with Crippen LogP contribution in [0.15, 0.2) is 18.2 Å². The van der Waals surface area contributed by atoms with E-state index in [9.17, 15) is 0 Å². The molecule has 0 spiro atoms. The van der Waals surface area contributed by atoms with Crippen LogP contribution in [-0.4, -0.2) is 23.6 Å². The van der Waals surface area contributed by atoms with Crippen molar-refractivity contribution in [2.45, 2.75) is 26.7 Å². The Morgan fingerprint density at radius 2 is 2.16 bits per heavy atom. The van der Waals surface area contributed by atoms with Crippen molar-refractivity contribution in [3.63, 3.8) is 0 Å². The van der Waals surface area contributed by atoms with Gasteiger partial charge < -0.3 is 15.5 Å². The van der Waals surface area contributed by atoms with Crippen LogP contribution < -0.4 is 10.5 Å². The predicted octanol–water partition coefficient (Wildman–Crippen LogP) is 2.74. The van der Waals surface area contributed by atoms with E-state index in [0.717, 1.165) is 35.4 Å². The van der Waals surface area contributed by atoms with Crippen molar-refractivity contribution >= 4 is 11.0 Å². The molecule has 0 radical (unpaired) electrons. The van der Waals surface area contributed by atoms with Gasteiger partial charge >= 0.3 is 0 Å². The Labute approximate surface area is 114 Å². The first-order valence-corrected chi connectivity index (χ1v) is 6.85. The lowest BCUT2D eigenvalue weighted by atomic mass is 9.94. The minimum Gasteiger partial charge on any atom is -0.497 e. The first-order chi connectivity index (χ1) is 9.12. The summed E-state index contributed by atoms with van der Waals surface area (Å²) in [6.45, 7) is 5.16. The van der Waals surface area contributed by atoms with E-state index in [-0.39, 0.29) is 0 Å². The topological polar surface area (TPSA) is 63.9 Å². The van der Waals surface area contributed by atoms with Crippen molar-refractivity contribution in [3.8, 4) is 5.75 Å². The van der Waals surface area contributed by atoms with Gasteiger partial charge in [0.05, 0.1) is 18.1 Å². The van der Waals surface area contributed by atoms with Gasteiger partial charge in [0.25, 0.3) is 0 Å². The second-order valence-corrected chi connectivity index (χ2v) is 5.50. The van der Waals surface area contributed by atoms with Crippen molar-refractivity contribution < 1.29 is 4.74 Å². The van der Waals surface area contributed by atoms with E-state index in [0.29, 0.717) is 18.4 Å². The average Bonchev–Trinajstić information content (AvgIpc) is 2.78. The number of aromatic amines is 1. The smallest absolute Gasteiger partial charge is 0.121 e. The molecule has 104 valence electrons. The number of hydrogen-bond acceptors (Lipinski definition) is 3. The fraction of sp³-hybridized carbons (Fsp3) is 0.533. The molecule has 0 saturated heterocycles. The van der Waals surface area contributed by atoms with Crippen LogP contribution in [0.25, 0.3) is 11.0 Å². The molecule has 2 aromatic rings. The number of benzene rings is 1.